The number of allylic oxidation sites excluding steroid dienone is 29. The van der Waals surface area contributed by atoms with Gasteiger partial charge in [-0.1, -0.05) is 216 Å². The first-order chi connectivity index (χ1) is 33.6. The Labute approximate surface area is 417 Å². The molecule has 5 nitrogen and oxygen atoms in total. The quantitative estimate of drug-likeness (QED) is 0.0346. The lowest BCUT2D eigenvalue weighted by atomic mass is 10.1. The maximum absolute atomic E-state index is 12.8. The fourth-order valence-electron chi connectivity index (χ4n) is 6.18. The standard InChI is InChI=1S/C63H94O5/c1-4-7-10-13-16-19-22-25-28-31-32-34-35-38-41-44-47-50-53-56-62(64)67-60-61(59-66-58-55-52-49-46-43-40-37-30-27-24-21-18-15-12-9-6-3)68-63(65)57-54-51-48-45-42-39-36-33-29-26-23-20-17-14-11-8-5-2/h7-12,16-21,25-30,32,34,36,38-41,43,47,49-50,52,61H,4-6,13-15,22-24,31,33,35,37,42,44-46,48,51,53-60H2,1-3H3/b10-7-,11-8-,12-9-,19-16-,20-17-,21-18-,28-25-,29-26-,30-27-,34-32-,39-36-,41-38-,43-40-,50-47-,52-49-. The Morgan fingerprint density at radius 1 is 0.324 bits per heavy atom. The summed E-state index contributed by atoms with van der Waals surface area (Å²) in [4.78, 5) is 25.4. The van der Waals surface area contributed by atoms with Crippen LogP contribution in [-0.4, -0.2) is 37.9 Å². The number of esters is 2. The van der Waals surface area contributed by atoms with Gasteiger partial charge in [0.1, 0.15) is 6.61 Å². The number of carbonyl (C=O) groups excluding carboxylic acids is 2. The van der Waals surface area contributed by atoms with Crippen molar-refractivity contribution in [3.05, 3.63) is 182 Å². The van der Waals surface area contributed by atoms with Crippen LogP contribution in [0.3, 0.4) is 0 Å². The topological polar surface area (TPSA) is 61.8 Å². The molecule has 0 spiro atoms. The van der Waals surface area contributed by atoms with E-state index in [2.05, 4.69) is 197 Å². The summed E-state index contributed by atoms with van der Waals surface area (Å²) in [5.41, 5.74) is 0. The number of unbranched alkanes of at least 4 members (excludes halogenated alkanes) is 4. The molecule has 5 heteroatoms. The first-order valence-electron chi connectivity index (χ1n) is 26.3. The van der Waals surface area contributed by atoms with Crippen molar-refractivity contribution in [2.75, 3.05) is 19.8 Å². The number of rotatable bonds is 45. The van der Waals surface area contributed by atoms with Crippen molar-refractivity contribution in [1.29, 1.82) is 0 Å². The molecule has 0 rings (SSSR count). The normalized spacial score (nSPS) is 13.8. The Morgan fingerprint density at radius 3 is 1.03 bits per heavy atom. The first-order valence-corrected chi connectivity index (χ1v) is 26.3. The molecule has 0 amide bonds. The Balaban J connectivity index is 4.60. The molecule has 0 aliphatic heterocycles. The summed E-state index contributed by atoms with van der Waals surface area (Å²) in [6, 6.07) is 0. The molecule has 0 aromatic heterocycles. The van der Waals surface area contributed by atoms with E-state index in [9.17, 15) is 9.59 Å². The van der Waals surface area contributed by atoms with Crippen LogP contribution in [0.5, 0.6) is 0 Å². The third-order valence-electron chi connectivity index (χ3n) is 9.95. The van der Waals surface area contributed by atoms with Crippen LogP contribution in [0.1, 0.15) is 175 Å². The zero-order chi connectivity index (χ0) is 49.2. The van der Waals surface area contributed by atoms with Crippen molar-refractivity contribution in [1.82, 2.24) is 0 Å². The number of hydrogen-bond donors (Lipinski definition) is 0. The van der Waals surface area contributed by atoms with Gasteiger partial charge >= 0.3 is 11.9 Å². The van der Waals surface area contributed by atoms with Gasteiger partial charge < -0.3 is 14.2 Å². The average Bonchev–Trinajstić information content (AvgIpc) is 3.34. The van der Waals surface area contributed by atoms with Gasteiger partial charge in [0, 0.05) is 12.8 Å². The lowest BCUT2D eigenvalue weighted by molar-refractivity contribution is -0.162. The molecule has 376 valence electrons. The van der Waals surface area contributed by atoms with E-state index in [0.29, 0.717) is 19.4 Å². The molecule has 0 fully saturated rings. The lowest BCUT2D eigenvalue weighted by Crippen LogP contribution is -2.30. The SMILES string of the molecule is CC/C=C\C/C=C\C/C=C\C/C=C\C/C=C\C/C=C\CCC(=O)OCC(COCC/C=C\C/C=C\C/C=C\C/C=C\C/C=C\CC)OC(=O)CCCCCC/C=C\C/C=C\C/C=C\C/C=C\CC. The summed E-state index contributed by atoms with van der Waals surface area (Å²) in [6.45, 7) is 7.13. The van der Waals surface area contributed by atoms with Crippen LogP contribution in [0.4, 0.5) is 0 Å². The van der Waals surface area contributed by atoms with Gasteiger partial charge in [0.25, 0.3) is 0 Å². The molecule has 0 bridgehead atoms. The van der Waals surface area contributed by atoms with Gasteiger partial charge in [0.05, 0.1) is 13.2 Å². The van der Waals surface area contributed by atoms with Gasteiger partial charge in [-0.15, -0.1) is 0 Å². The minimum atomic E-state index is -0.635. The minimum absolute atomic E-state index is 0.00907. The van der Waals surface area contributed by atoms with Crippen LogP contribution in [0, 0.1) is 0 Å². The van der Waals surface area contributed by atoms with E-state index < -0.39 is 6.10 Å². The maximum atomic E-state index is 12.8. The highest BCUT2D eigenvalue weighted by molar-refractivity contribution is 5.70. The van der Waals surface area contributed by atoms with Crippen molar-refractivity contribution in [2.24, 2.45) is 0 Å². The number of carbonyl (C=O) groups is 2. The molecule has 0 aliphatic rings. The second-order valence-electron chi connectivity index (χ2n) is 16.3. The monoisotopic (exact) mass is 931 g/mol. The second-order valence-corrected chi connectivity index (χ2v) is 16.3. The molecule has 0 aromatic rings. The Morgan fingerprint density at radius 2 is 0.647 bits per heavy atom. The predicted octanol–water partition coefficient (Wildman–Crippen LogP) is 18.2. The average molecular weight is 931 g/mol. The van der Waals surface area contributed by atoms with Crippen LogP contribution in [0.25, 0.3) is 0 Å². The van der Waals surface area contributed by atoms with E-state index in [1.54, 1.807) is 0 Å². The van der Waals surface area contributed by atoms with Gasteiger partial charge in [0.2, 0.25) is 0 Å². The summed E-state index contributed by atoms with van der Waals surface area (Å²) < 4.78 is 17.2. The zero-order valence-corrected chi connectivity index (χ0v) is 43.0. The van der Waals surface area contributed by atoms with Crippen LogP contribution in [0.15, 0.2) is 182 Å². The molecule has 1 atom stereocenters. The van der Waals surface area contributed by atoms with Crippen LogP contribution < -0.4 is 0 Å². The van der Waals surface area contributed by atoms with Crippen LogP contribution in [-0.2, 0) is 23.8 Å². The van der Waals surface area contributed by atoms with E-state index in [0.717, 1.165) is 135 Å². The van der Waals surface area contributed by atoms with E-state index in [1.165, 1.54) is 0 Å². The van der Waals surface area contributed by atoms with Gasteiger partial charge in [-0.3, -0.25) is 9.59 Å². The Kier molecular flexibility index (Phi) is 52.2. The van der Waals surface area contributed by atoms with Gasteiger partial charge in [-0.05, 0) is 128 Å². The molecule has 0 heterocycles. The van der Waals surface area contributed by atoms with Gasteiger partial charge in [-0.2, -0.15) is 0 Å². The maximum Gasteiger partial charge on any atom is 0.306 e. The minimum Gasteiger partial charge on any atom is -0.462 e. The van der Waals surface area contributed by atoms with E-state index >= 15 is 0 Å². The second kappa shape index (κ2) is 56.3. The van der Waals surface area contributed by atoms with Crippen LogP contribution in [0.2, 0.25) is 0 Å². The van der Waals surface area contributed by atoms with Crippen molar-refractivity contribution in [2.45, 2.75) is 181 Å². The van der Waals surface area contributed by atoms with Gasteiger partial charge in [-0.25, -0.2) is 0 Å². The Bertz CT molecular complexity index is 1620. The van der Waals surface area contributed by atoms with Gasteiger partial charge in [0.15, 0.2) is 6.10 Å². The molecule has 68 heavy (non-hydrogen) atoms. The highest BCUT2D eigenvalue weighted by Crippen LogP contribution is 2.10. The van der Waals surface area contributed by atoms with E-state index in [1.807, 2.05) is 6.08 Å². The molecule has 0 aromatic carbocycles. The molecule has 0 radical (unpaired) electrons. The van der Waals surface area contributed by atoms with Crippen molar-refractivity contribution >= 4 is 11.9 Å². The highest BCUT2D eigenvalue weighted by Gasteiger charge is 2.17. The molecular formula is C63H94O5. The van der Waals surface area contributed by atoms with Crippen LogP contribution >= 0.6 is 0 Å². The predicted molar refractivity (Wildman–Crippen MR) is 297 cm³/mol. The van der Waals surface area contributed by atoms with E-state index in [-0.39, 0.29) is 31.6 Å². The smallest absolute Gasteiger partial charge is 0.306 e. The first kappa shape index (κ1) is 63.0. The fourth-order valence-corrected chi connectivity index (χ4v) is 6.18. The van der Waals surface area contributed by atoms with Crippen molar-refractivity contribution in [3.8, 4) is 0 Å². The number of hydrogen-bond acceptors (Lipinski definition) is 5. The summed E-state index contributed by atoms with van der Waals surface area (Å²) in [5, 5.41) is 0. The molecule has 0 N–H and O–H groups in total. The summed E-state index contributed by atoms with van der Waals surface area (Å²) >= 11 is 0. The summed E-state index contributed by atoms with van der Waals surface area (Å²) in [7, 11) is 0. The fraction of sp³-hybridized carbons (Fsp3) is 0.492. The zero-order valence-electron chi connectivity index (χ0n) is 43.0. The highest BCUT2D eigenvalue weighted by atomic mass is 16.6. The molecular weight excluding hydrogens is 837 g/mol. The third-order valence-corrected chi connectivity index (χ3v) is 9.95. The van der Waals surface area contributed by atoms with E-state index in [4.69, 9.17) is 14.2 Å². The largest absolute Gasteiger partial charge is 0.462 e. The van der Waals surface area contributed by atoms with Crippen molar-refractivity contribution in [3.63, 3.8) is 0 Å². The molecule has 0 saturated heterocycles. The third kappa shape index (κ3) is 53.6. The Hall–Kier alpha value is -5.00. The molecule has 1 unspecified atom stereocenters. The number of ether oxygens (including phenoxy) is 3. The summed E-state index contributed by atoms with van der Waals surface area (Å²) in [6.07, 6.45) is 86.5. The van der Waals surface area contributed by atoms with Crippen molar-refractivity contribution < 1.29 is 23.8 Å². The summed E-state index contributed by atoms with van der Waals surface area (Å²) in [5.74, 6) is -0.581. The molecule has 0 saturated carbocycles. The lowest BCUT2D eigenvalue weighted by Gasteiger charge is -2.18. The molecule has 0 aliphatic carbocycles.